The molecule has 4 saturated carbocycles. The number of hydrogen-bond donors (Lipinski definition) is 1. The fraction of sp³-hybridized carbons (Fsp3) is 0.684. The topological polar surface area (TPSA) is 26.0 Å². The van der Waals surface area contributed by atoms with E-state index in [1.165, 1.54) is 50.5 Å². The van der Waals surface area contributed by atoms with E-state index in [0.29, 0.717) is 11.3 Å². The maximum atomic E-state index is 6.13. The Balaban J connectivity index is 1.55. The van der Waals surface area contributed by atoms with Crippen LogP contribution in [0.4, 0.5) is 0 Å². The zero-order valence-electron chi connectivity index (χ0n) is 12.4. The van der Waals surface area contributed by atoms with Crippen molar-refractivity contribution in [2.24, 2.45) is 28.9 Å². The summed E-state index contributed by atoms with van der Waals surface area (Å²) in [5.74, 6) is 3.73. The van der Waals surface area contributed by atoms with Crippen molar-refractivity contribution in [3.63, 3.8) is 0 Å². The van der Waals surface area contributed by atoms with Crippen LogP contribution in [0.2, 0.25) is 0 Å². The van der Waals surface area contributed by atoms with Crippen molar-refractivity contribution in [3.05, 3.63) is 35.9 Å². The van der Waals surface area contributed by atoms with Gasteiger partial charge in [0.05, 0.1) is 0 Å². The summed E-state index contributed by atoms with van der Waals surface area (Å²) >= 11 is 0. The van der Waals surface area contributed by atoms with E-state index in [-0.39, 0.29) is 0 Å². The summed E-state index contributed by atoms with van der Waals surface area (Å²) < 4.78 is 0. The smallest absolute Gasteiger partial charge is 0.000803 e. The first-order chi connectivity index (χ1) is 9.76. The Kier molecular flexibility index (Phi) is 3.14. The summed E-state index contributed by atoms with van der Waals surface area (Å²) in [5, 5.41) is 0. The van der Waals surface area contributed by atoms with Gasteiger partial charge in [0, 0.05) is 0 Å². The molecule has 108 valence electrons. The van der Waals surface area contributed by atoms with Crippen LogP contribution >= 0.6 is 0 Å². The lowest BCUT2D eigenvalue weighted by Gasteiger charge is -2.57. The third-order valence-electron chi connectivity index (χ3n) is 6.40. The molecule has 1 nitrogen and oxygen atoms in total. The molecule has 0 heterocycles. The van der Waals surface area contributed by atoms with Crippen molar-refractivity contribution in [2.45, 2.75) is 50.9 Å². The molecule has 1 unspecified atom stereocenters. The van der Waals surface area contributed by atoms with Crippen LogP contribution in [0.5, 0.6) is 0 Å². The van der Waals surface area contributed by atoms with Crippen molar-refractivity contribution < 1.29 is 0 Å². The minimum absolute atomic E-state index is 0.576. The van der Waals surface area contributed by atoms with E-state index < -0.39 is 0 Å². The van der Waals surface area contributed by atoms with Crippen molar-refractivity contribution in [1.82, 2.24) is 0 Å². The quantitative estimate of drug-likeness (QED) is 0.864. The van der Waals surface area contributed by atoms with E-state index in [1.54, 1.807) is 0 Å². The van der Waals surface area contributed by atoms with Crippen LogP contribution in [0.3, 0.4) is 0 Å². The highest BCUT2D eigenvalue weighted by atomic mass is 14.6. The van der Waals surface area contributed by atoms with Gasteiger partial charge in [0.15, 0.2) is 0 Å². The predicted molar refractivity (Wildman–Crippen MR) is 83.5 cm³/mol. The Hall–Kier alpha value is -0.820. The molecular formula is C19H27N. The van der Waals surface area contributed by atoms with Gasteiger partial charge in [0.25, 0.3) is 0 Å². The van der Waals surface area contributed by atoms with Crippen molar-refractivity contribution >= 4 is 0 Å². The van der Waals surface area contributed by atoms with Gasteiger partial charge in [0.1, 0.15) is 0 Å². The maximum absolute atomic E-state index is 6.13. The lowest BCUT2D eigenvalue weighted by molar-refractivity contribution is -0.0604. The highest BCUT2D eigenvalue weighted by Gasteiger charge is 2.51. The fourth-order valence-electron chi connectivity index (χ4n) is 6.13. The van der Waals surface area contributed by atoms with Crippen LogP contribution in [0.25, 0.3) is 0 Å². The SMILES string of the molecule is NCC(CC12CC3CC(CC(C3)C1)C2)c1ccccc1. The number of nitrogens with two attached hydrogens (primary N) is 1. The first-order valence-corrected chi connectivity index (χ1v) is 8.51. The van der Waals surface area contributed by atoms with Gasteiger partial charge in [-0.3, -0.25) is 0 Å². The van der Waals surface area contributed by atoms with Gasteiger partial charge < -0.3 is 5.73 Å². The molecule has 1 heteroatoms. The lowest BCUT2D eigenvalue weighted by Crippen LogP contribution is -2.47. The summed E-state index contributed by atoms with van der Waals surface area (Å²) in [5.41, 5.74) is 8.25. The molecule has 0 aromatic heterocycles. The van der Waals surface area contributed by atoms with Crippen molar-refractivity contribution in [2.75, 3.05) is 6.54 Å². The normalized spacial score (nSPS) is 40.0. The van der Waals surface area contributed by atoms with E-state index >= 15 is 0 Å². The second-order valence-electron chi connectivity index (χ2n) is 7.96. The summed E-state index contributed by atoms with van der Waals surface area (Å²) in [6, 6.07) is 11.0. The Morgan fingerprint density at radius 2 is 1.50 bits per heavy atom. The van der Waals surface area contributed by atoms with Gasteiger partial charge in [0.2, 0.25) is 0 Å². The second kappa shape index (κ2) is 4.87. The van der Waals surface area contributed by atoms with Crippen LogP contribution in [-0.4, -0.2) is 6.54 Å². The first kappa shape index (κ1) is 12.9. The van der Waals surface area contributed by atoms with Crippen LogP contribution in [0.15, 0.2) is 30.3 Å². The van der Waals surface area contributed by atoms with E-state index in [2.05, 4.69) is 30.3 Å². The monoisotopic (exact) mass is 269 g/mol. The van der Waals surface area contributed by atoms with Gasteiger partial charge in [-0.25, -0.2) is 0 Å². The zero-order valence-corrected chi connectivity index (χ0v) is 12.4. The highest BCUT2D eigenvalue weighted by molar-refractivity contribution is 5.21. The minimum Gasteiger partial charge on any atom is -0.330 e. The molecular weight excluding hydrogens is 242 g/mol. The summed E-state index contributed by atoms with van der Waals surface area (Å²) in [7, 11) is 0. The van der Waals surface area contributed by atoms with Crippen LogP contribution < -0.4 is 5.73 Å². The predicted octanol–water partition coefficient (Wildman–Crippen LogP) is 4.34. The van der Waals surface area contributed by atoms with Crippen LogP contribution in [-0.2, 0) is 0 Å². The van der Waals surface area contributed by atoms with E-state index in [4.69, 9.17) is 5.73 Å². The third-order valence-corrected chi connectivity index (χ3v) is 6.40. The fourth-order valence-corrected chi connectivity index (χ4v) is 6.13. The molecule has 2 N–H and O–H groups in total. The number of rotatable bonds is 4. The molecule has 0 radical (unpaired) electrons. The second-order valence-corrected chi connectivity index (χ2v) is 7.96. The molecule has 20 heavy (non-hydrogen) atoms. The van der Waals surface area contributed by atoms with Gasteiger partial charge in [-0.05, 0) is 86.1 Å². The lowest BCUT2D eigenvalue weighted by atomic mass is 9.48. The Morgan fingerprint density at radius 3 is 2.00 bits per heavy atom. The molecule has 0 aliphatic heterocycles. The molecule has 0 spiro atoms. The zero-order chi connectivity index (χ0) is 13.6. The Labute approximate surface area is 122 Å². The molecule has 1 aromatic carbocycles. The molecule has 4 aliphatic carbocycles. The van der Waals surface area contributed by atoms with E-state index in [1.807, 2.05) is 0 Å². The molecule has 0 saturated heterocycles. The summed E-state index contributed by atoms with van der Waals surface area (Å²) in [6.07, 6.45) is 10.5. The van der Waals surface area contributed by atoms with Crippen molar-refractivity contribution in [3.8, 4) is 0 Å². The van der Waals surface area contributed by atoms with Gasteiger partial charge in [-0.1, -0.05) is 30.3 Å². The average Bonchev–Trinajstić information content (AvgIpc) is 2.44. The molecule has 4 aliphatic rings. The van der Waals surface area contributed by atoms with Gasteiger partial charge >= 0.3 is 0 Å². The molecule has 0 amide bonds. The molecule has 1 aromatic rings. The maximum Gasteiger partial charge on any atom is -0.000803 e. The minimum atomic E-state index is 0.576. The largest absolute Gasteiger partial charge is 0.330 e. The van der Waals surface area contributed by atoms with Crippen molar-refractivity contribution in [1.29, 1.82) is 0 Å². The Bertz CT molecular complexity index is 429. The van der Waals surface area contributed by atoms with E-state index in [0.717, 1.165) is 24.3 Å². The molecule has 4 bridgehead atoms. The number of benzene rings is 1. The Morgan fingerprint density at radius 1 is 0.950 bits per heavy atom. The summed E-state index contributed by atoms with van der Waals surface area (Å²) in [4.78, 5) is 0. The summed E-state index contributed by atoms with van der Waals surface area (Å²) in [6.45, 7) is 0.811. The standard InChI is InChI=1S/C19H27N/c20-13-18(17-4-2-1-3-5-17)12-19-9-14-6-15(10-19)8-16(7-14)11-19/h1-5,14-16,18H,6-13,20H2. The molecule has 4 fully saturated rings. The van der Waals surface area contributed by atoms with E-state index in [9.17, 15) is 0 Å². The highest BCUT2D eigenvalue weighted by Crippen LogP contribution is 2.62. The van der Waals surface area contributed by atoms with Crippen LogP contribution in [0, 0.1) is 23.2 Å². The first-order valence-electron chi connectivity index (χ1n) is 8.51. The molecule has 5 rings (SSSR count). The molecule has 1 atom stereocenters. The number of hydrogen-bond acceptors (Lipinski definition) is 1. The van der Waals surface area contributed by atoms with Crippen LogP contribution in [0.1, 0.15) is 56.4 Å². The van der Waals surface area contributed by atoms with Gasteiger partial charge in [-0.2, -0.15) is 0 Å². The van der Waals surface area contributed by atoms with Gasteiger partial charge in [-0.15, -0.1) is 0 Å². The third kappa shape index (κ3) is 2.20. The average molecular weight is 269 g/mol.